The summed E-state index contributed by atoms with van der Waals surface area (Å²) in [6, 6.07) is 8.09. The smallest absolute Gasteiger partial charge is 0.321 e. The Hall–Kier alpha value is -1.59. The van der Waals surface area contributed by atoms with Crippen LogP contribution in [0.2, 0.25) is 0 Å². The van der Waals surface area contributed by atoms with Crippen molar-refractivity contribution in [2.24, 2.45) is 11.3 Å². The van der Waals surface area contributed by atoms with Crippen molar-refractivity contribution in [2.75, 3.05) is 51.3 Å². The fraction of sp³-hybridized carbons (Fsp3) is 0.682. The molecule has 27 heavy (non-hydrogen) atoms. The fourth-order valence-electron chi connectivity index (χ4n) is 5.13. The second kappa shape index (κ2) is 8.19. The predicted octanol–water partition coefficient (Wildman–Crippen LogP) is 3.74. The van der Waals surface area contributed by atoms with Crippen molar-refractivity contribution < 1.29 is 9.53 Å². The fourth-order valence-corrected chi connectivity index (χ4v) is 5.13. The van der Waals surface area contributed by atoms with E-state index in [9.17, 15) is 4.79 Å². The summed E-state index contributed by atoms with van der Waals surface area (Å²) in [5.41, 5.74) is 2.36. The van der Waals surface area contributed by atoms with Gasteiger partial charge in [0, 0.05) is 50.5 Å². The van der Waals surface area contributed by atoms with E-state index in [2.05, 4.69) is 23.2 Å². The highest BCUT2D eigenvalue weighted by atomic mass is 16.5. The standard InChI is InChI=1S/C22H33N3O2/c1-18-4-2-5-20(14-18)23-21(26)25-11-9-22(17-25)8-3-10-24(16-22)15-19-6-12-27-13-7-19/h2,4-5,14,19H,3,6-13,15-17H2,1H3,(H,23,26). The number of amides is 2. The highest BCUT2D eigenvalue weighted by Crippen LogP contribution is 2.39. The van der Waals surface area contributed by atoms with Gasteiger partial charge in [0.2, 0.25) is 0 Å². The molecule has 5 heteroatoms. The molecular weight excluding hydrogens is 338 g/mol. The van der Waals surface area contributed by atoms with Gasteiger partial charge in [-0.25, -0.2) is 4.79 Å². The first-order chi connectivity index (χ1) is 13.1. The molecule has 1 atom stereocenters. The number of anilines is 1. The minimum Gasteiger partial charge on any atom is -0.381 e. The number of hydrogen-bond acceptors (Lipinski definition) is 3. The lowest BCUT2D eigenvalue weighted by atomic mass is 9.79. The number of aryl methyl sites for hydroxylation is 1. The van der Waals surface area contributed by atoms with Crippen LogP contribution in [0.5, 0.6) is 0 Å². The second-order valence-corrected chi connectivity index (χ2v) is 8.87. The van der Waals surface area contributed by atoms with E-state index in [1.54, 1.807) is 0 Å². The largest absolute Gasteiger partial charge is 0.381 e. The molecule has 1 N–H and O–H groups in total. The Morgan fingerprint density at radius 1 is 1.22 bits per heavy atom. The maximum Gasteiger partial charge on any atom is 0.321 e. The van der Waals surface area contributed by atoms with Crippen molar-refractivity contribution in [2.45, 2.75) is 39.0 Å². The Morgan fingerprint density at radius 3 is 2.89 bits per heavy atom. The van der Waals surface area contributed by atoms with Crippen molar-refractivity contribution in [1.29, 1.82) is 0 Å². The van der Waals surface area contributed by atoms with Gasteiger partial charge in [-0.2, -0.15) is 0 Å². The zero-order valence-electron chi connectivity index (χ0n) is 16.6. The van der Waals surface area contributed by atoms with E-state index >= 15 is 0 Å². The average Bonchev–Trinajstić information content (AvgIpc) is 3.06. The van der Waals surface area contributed by atoms with Gasteiger partial charge in [-0.3, -0.25) is 0 Å². The molecule has 2 amide bonds. The van der Waals surface area contributed by atoms with Gasteiger partial charge in [-0.1, -0.05) is 12.1 Å². The number of carbonyl (C=O) groups is 1. The van der Waals surface area contributed by atoms with Gasteiger partial charge in [0.25, 0.3) is 0 Å². The zero-order chi connectivity index (χ0) is 18.7. The summed E-state index contributed by atoms with van der Waals surface area (Å²) in [6.07, 6.45) is 6.06. The van der Waals surface area contributed by atoms with Crippen molar-refractivity contribution in [3.8, 4) is 0 Å². The second-order valence-electron chi connectivity index (χ2n) is 8.87. The van der Waals surface area contributed by atoms with Crippen molar-refractivity contribution in [3.63, 3.8) is 0 Å². The van der Waals surface area contributed by atoms with E-state index in [1.807, 2.05) is 23.1 Å². The Bertz CT molecular complexity index is 659. The lowest BCUT2D eigenvalue weighted by molar-refractivity contribution is 0.0321. The molecule has 3 aliphatic heterocycles. The minimum atomic E-state index is 0.0547. The van der Waals surface area contributed by atoms with Gasteiger partial charge >= 0.3 is 6.03 Å². The van der Waals surface area contributed by atoms with Crippen LogP contribution in [0.3, 0.4) is 0 Å². The molecule has 1 spiro atoms. The number of hydrogen-bond donors (Lipinski definition) is 1. The van der Waals surface area contributed by atoms with Crippen LogP contribution in [0.15, 0.2) is 24.3 Å². The van der Waals surface area contributed by atoms with E-state index in [1.165, 1.54) is 44.3 Å². The summed E-state index contributed by atoms with van der Waals surface area (Å²) in [4.78, 5) is 17.4. The van der Waals surface area contributed by atoms with Crippen LogP contribution < -0.4 is 5.32 Å². The van der Waals surface area contributed by atoms with Gasteiger partial charge in [0.15, 0.2) is 0 Å². The summed E-state index contributed by atoms with van der Waals surface area (Å²) >= 11 is 0. The van der Waals surface area contributed by atoms with E-state index < -0.39 is 0 Å². The first kappa shape index (κ1) is 18.8. The number of benzene rings is 1. The van der Waals surface area contributed by atoms with E-state index in [4.69, 9.17) is 4.74 Å². The maximum absolute atomic E-state index is 12.7. The molecule has 0 saturated carbocycles. The highest BCUT2D eigenvalue weighted by molar-refractivity contribution is 5.89. The normalized spacial score (nSPS) is 27.2. The topological polar surface area (TPSA) is 44.8 Å². The third kappa shape index (κ3) is 4.64. The molecule has 1 aromatic rings. The van der Waals surface area contributed by atoms with Crippen LogP contribution in [-0.4, -0.2) is 61.8 Å². The molecule has 148 valence electrons. The number of rotatable bonds is 3. The van der Waals surface area contributed by atoms with Crippen molar-refractivity contribution >= 4 is 11.7 Å². The molecule has 3 fully saturated rings. The van der Waals surface area contributed by atoms with Gasteiger partial charge in [0.1, 0.15) is 0 Å². The maximum atomic E-state index is 12.7. The van der Waals surface area contributed by atoms with E-state index in [0.29, 0.717) is 5.41 Å². The number of urea groups is 1. The van der Waals surface area contributed by atoms with Crippen LogP contribution in [0.25, 0.3) is 0 Å². The van der Waals surface area contributed by atoms with Gasteiger partial charge < -0.3 is 19.9 Å². The zero-order valence-corrected chi connectivity index (χ0v) is 16.6. The van der Waals surface area contributed by atoms with Crippen LogP contribution in [-0.2, 0) is 4.74 Å². The molecule has 5 nitrogen and oxygen atoms in total. The van der Waals surface area contributed by atoms with E-state index in [0.717, 1.165) is 50.9 Å². The Kier molecular flexibility index (Phi) is 5.69. The first-order valence-corrected chi connectivity index (χ1v) is 10.5. The molecule has 0 aromatic heterocycles. The summed E-state index contributed by atoms with van der Waals surface area (Å²) in [7, 11) is 0. The SMILES string of the molecule is Cc1cccc(NC(=O)N2CCC3(CCCN(CC4CCOCC4)C3)C2)c1. The molecular formula is C22H33N3O2. The number of likely N-dealkylation sites (tertiary alicyclic amines) is 2. The Morgan fingerprint density at radius 2 is 2.07 bits per heavy atom. The highest BCUT2D eigenvalue weighted by Gasteiger charge is 2.43. The predicted molar refractivity (Wildman–Crippen MR) is 108 cm³/mol. The van der Waals surface area contributed by atoms with Crippen LogP contribution in [0.1, 0.15) is 37.7 Å². The minimum absolute atomic E-state index is 0.0547. The van der Waals surface area contributed by atoms with Crippen LogP contribution in [0.4, 0.5) is 10.5 Å². The van der Waals surface area contributed by atoms with E-state index in [-0.39, 0.29) is 6.03 Å². The number of nitrogens with zero attached hydrogens (tertiary/aromatic N) is 2. The lowest BCUT2D eigenvalue weighted by Gasteiger charge is -2.42. The quantitative estimate of drug-likeness (QED) is 0.880. The monoisotopic (exact) mass is 371 g/mol. The summed E-state index contributed by atoms with van der Waals surface area (Å²) in [6.45, 7) is 9.26. The Balaban J connectivity index is 1.32. The van der Waals surface area contributed by atoms with Crippen molar-refractivity contribution in [1.82, 2.24) is 9.80 Å². The molecule has 4 rings (SSSR count). The Labute approximate surface area is 163 Å². The third-order valence-electron chi connectivity index (χ3n) is 6.59. The van der Waals surface area contributed by atoms with Gasteiger partial charge in [0.05, 0.1) is 0 Å². The molecule has 1 aromatic carbocycles. The number of ether oxygens (including phenoxy) is 1. The summed E-state index contributed by atoms with van der Waals surface area (Å²) < 4.78 is 5.51. The molecule has 3 heterocycles. The average molecular weight is 372 g/mol. The van der Waals surface area contributed by atoms with Crippen LogP contribution in [0, 0.1) is 18.3 Å². The van der Waals surface area contributed by atoms with Gasteiger partial charge in [-0.15, -0.1) is 0 Å². The first-order valence-electron chi connectivity index (χ1n) is 10.5. The van der Waals surface area contributed by atoms with Crippen molar-refractivity contribution in [3.05, 3.63) is 29.8 Å². The lowest BCUT2D eigenvalue weighted by Crippen LogP contribution is -2.47. The number of piperidine rings is 1. The molecule has 0 aliphatic carbocycles. The molecule has 3 aliphatic rings. The molecule has 3 saturated heterocycles. The number of nitrogens with one attached hydrogen (secondary N) is 1. The molecule has 0 radical (unpaired) electrons. The number of carbonyl (C=O) groups excluding carboxylic acids is 1. The molecule has 1 unspecified atom stereocenters. The summed E-state index contributed by atoms with van der Waals surface area (Å²) in [5.74, 6) is 0.788. The van der Waals surface area contributed by atoms with Gasteiger partial charge in [-0.05, 0) is 69.2 Å². The van der Waals surface area contributed by atoms with Crippen LogP contribution >= 0.6 is 0 Å². The summed E-state index contributed by atoms with van der Waals surface area (Å²) in [5, 5.41) is 3.08. The molecule has 0 bridgehead atoms. The third-order valence-corrected chi connectivity index (χ3v) is 6.59.